The van der Waals surface area contributed by atoms with E-state index in [9.17, 15) is 9.59 Å². The number of aromatic nitrogens is 4. The van der Waals surface area contributed by atoms with Crippen molar-refractivity contribution in [1.29, 1.82) is 0 Å². The average Bonchev–Trinajstić information content (AvgIpc) is 3.42. The topological polar surface area (TPSA) is 95.7 Å². The molecule has 0 aliphatic heterocycles. The third-order valence-electron chi connectivity index (χ3n) is 6.10. The summed E-state index contributed by atoms with van der Waals surface area (Å²) in [6.45, 7) is 0.0999. The number of likely N-dealkylation sites (N-methyl/N-ethyl adjacent to an activating group) is 2. The molecule has 0 saturated carbocycles. The number of aryl methyl sites for hydroxylation is 1. The molecular weight excluding hydrogens is 438 g/mol. The van der Waals surface area contributed by atoms with Gasteiger partial charge in [0.1, 0.15) is 17.0 Å². The van der Waals surface area contributed by atoms with Crippen molar-refractivity contribution in [1.82, 2.24) is 29.4 Å². The molecule has 4 heterocycles. The van der Waals surface area contributed by atoms with Crippen molar-refractivity contribution in [2.75, 3.05) is 33.0 Å². The number of pyridine rings is 1. The summed E-state index contributed by atoms with van der Waals surface area (Å²) in [5.41, 5.74) is 3.15. The smallest absolute Gasteiger partial charge is 0.241 e. The standard InChI is InChI=1S/C23H25N7O2S/c1-28(2)19(31)12-29(3)23(32)14-4-5-17-18(10-14)33-22-20(17)21(24-13-25-22)27-15-7-9-30-16(11-15)6-8-26-30/h6-9,11,13-14H,4-5,10,12H2,1-3H3,(H,24,25,27). The first-order chi connectivity index (χ1) is 15.9. The Kier molecular flexibility index (Phi) is 5.45. The van der Waals surface area contributed by atoms with Crippen molar-refractivity contribution in [3.05, 3.63) is 47.4 Å². The Balaban J connectivity index is 1.39. The number of anilines is 2. The molecule has 1 unspecified atom stereocenters. The van der Waals surface area contributed by atoms with E-state index in [1.807, 2.05) is 28.9 Å². The number of amides is 2. The molecule has 170 valence electrons. The van der Waals surface area contributed by atoms with E-state index in [0.29, 0.717) is 6.42 Å². The van der Waals surface area contributed by atoms with E-state index < -0.39 is 0 Å². The van der Waals surface area contributed by atoms with Gasteiger partial charge < -0.3 is 15.1 Å². The molecule has 33 heavy (non-hydrogen) atoms. The third kappa shape index (κ3) is 4.02. The predicted molar refractivity (Wildman–Crippen MR) is 128 cm³/mol. The molecule has 1 N–H and O–H groups in total. The molecule has 4 aromatic rings. The maximum absolute atomic E-state index is 13.0. The van der Waals surface area contributed by atoms with Crippen LogP contribution in [0.5, 0.6) is 0 Å². The zero-order valence-corrected chi connectivity index (χ0v) is 19.6. The van der Waals surface area contributed by atoms with Gasteiger partial charge in [-0.25, -0.2) is 14.5 Å². The molecule has 1 atom stereocenters. The van der Waals surface area contributed by atoms with Crippen molar-refractivity contribution in [2.45, 2.75) is 19.3 Å². The molecule has 9 nitrogen and oxygen atoms in total. The van der Waals surface area contributed by atoms with Gasteiger partial charge in [-0.15, -0.1) is 11.3 Å². The van der Waals surface area contributed by atoms with Crippen molar-refractivity contribution in [2.24, 2.45) is 5.92 Å². The van der Waals surface area contributed by atoms with Crippen molar-refractivity contribution < 1.29 is 9.59 Å². The van der Waals surface area contributed by atoms with Crippen LogP contribution < -0.4 is 5.32 Å². The van der Waals surface area contributed by atoms with E-state index in [2.05, 4.69) is 20.4 Å². The molecule has 0 bridgehead atoms. The fourth-order valence-corrected chi connectivity index (χ4v) is 5.55. The second-order valence-electron chi connectivity index (χ2n) is 8.57. The summed E-state index contributed by atoms with van der Waals surface area (Å²) < 4.78 is 1.81. The van der Waals surface area contributed by atoms with Gasteiger partial charge >= 0.3 is 0 Å². The van der Waals surface area contributed by atoms with Crippen LogP contribution >= 0.6 is 11.3 Å². The van der Waals surface area contributed by atoms with Crippen LogP contribution in [0.15, 0.2) is 36.9 Å². The zero-order chi connectivity index (χ0) is 23.1. The molecule has 1 aliphatic rings. The molecule has 5 rings (SSSR count). The highest BCUT2D eigenvalue weighted by atomic mass is 32.1. The quantitative estimate of drug-likeness (QED) is 0.489. The van der Waals surface area contributed by atoms with E-state index in [-0.39, 0.29) is 24.3 Å². The Morgan fingerprint density at radius 3 is 2.91 bits per heavy atom. The maximum Gasteiger partial charge on any atom is 0.241 e. The lowest BCUT2D eigenvalue weighted by molar-refractivity contribution is -0.140. The largest absolute Gasteiger partial charge is 0.347 e. The number of rotatable bonds is 5. The first-order valence-electron chi connectivity index (χ1n) is 10.8. The van der Waals surface area contributed by atoms with Crippen LogP contribution in [-0.2, 0) is 22.4 Å². The molecule has 0 saturated heterocycles. The minimum Gasteiger partial charge on any atom is -0.347 e. The molecular formula is C23H25N7O2S. The van der Waals surface area contributed by atoms with Gasteiger partial charge in [0.05, 0.1) is 17.4 Å². The number of thiophene rings is 1. The summed E-state index contributed by atoms with van der Waals surface area (Å²) in [7, 11) is 5.10. The first kappa shape index (κ1) is 21.3. The summed E-state index contributed by atoms with van der Waals surface area (Å²) in [5, 5.41) is 8.72. The van der Waals surface area contributed by atoms with Crippen LogP contribution in [-0.4, -0.2) is 68.9 Å². The number of carbonyl (C=O) groups is 2. The normalized spacial score (nSPS) is 15.4. The van der Waals surface area contributed by atoms with Crippen molar-refractivity contribution in [3.8, 4) is 0 Å². The van der Waals surface area contributed by atoms with Gasteiger partial charge in [-0.3, -0.25) is 9.59 Å². The van der Waals surface area contributed by atoms with Crippen LogP contribution in [0.4, 0.5) is 11.5 Å². The summed E-state index contributed by atoms with van der Waals surface area (Å²) in [4.78, 5) is 39.2. The molecule has 0 fully saturated rings. The van der Waals surface area contributed by atoms with Gasteiger partial charge in [0.25, 0.3) is 0 Å². The summed E-state index contributed by atoms with van der Waals surface area (Å²) in [5.74, 6) is 0.593. The van der Waals surface area contributed by atoms with Crippen LogP contribution in [0.25, 0.3) is 15.7 Å². The second-order valence-corrected chi connectivity index (χ2v) is 9.65. The summed E-state index contributed by atoms with van der Waals surface area (Å²) in [6.07, 6.45) is 7.44. The number of nitrogens with zero attached hydrogens (tertiary/aromatic N) is 6. The Bertz CT molecular complexity index is 1360. The van der Waals surface area contributed by atoms with Gasteiger partial charge in [-0.2, -0.15) is 5.10 Å². The van der Waals surface area contributed by atoms with E-state index in [4.69, 9.17) is 0 Å². The van der Waals surface area contributed by atoms with Gasteiger partial charge in [0, 0.05) is 50.0 Å². The van der Waals surface area contributed by atoms with Gasteiger partial charge in [0.15, 0.2) is 0 Å². The number of hydrogen-bond donors (Lipinski definition) is 1. The highest BCUT2D eigenvalue weighted by Gasteiger charge is 2.31. The number of fused-ring (bicyclic) bond motifs is 4. The lowest BCUT2D eigenvalue weighted by atomic mass is 9.87. The molecule has 10 heteroatoms. The Labute approximate surface area is 195 Å². The van der Waals surface area contributed by atoms with E-state index in [1.54, 1.807) is 49.9 Å². The van der Waals surface area contributed by atoms with Crippen molar-refractivity contribution >= 4 is 50.4 Å². The van der Waals surface area contributed by atoms with Crippen LogP contribution in [0.2, 0.25) is 0 Å². The first-order valence-corrected chi connectivity index (χ1v) is 11.6. The zero-order valence-electron chi connectivity index (χ0n) is 18.8. The third-order valence-corrected chi connectivity index (χ3v) is 7.27. The molecule has 0 spiro atoms. The van der Waals surface area contributed by atoms with Gasteiger partial charge in [0.2, 0.25) is 11.8 Å². The monoisotopic (exact) mass is 463 g/mol. The Hall–Kier alpha value is -3.53. The molecule has 0 aromatic carbocycles. The minimum absolute atomic E-state index is 0.0202. The maximum atomic E-state index is 13.0. The second kappa shape index (κ2) is 8.43. The van der Waals surface area contributed by atoms with Crippen molar-refractivity contribution in [3.63, 3.8) is 0 Å². The lowest BCUT2D eigenvalue weighted by Gasteiger charge is -2.27. The van der Waals surface area contributed by atoms with Crippen LogP contribution in [0.1, 0.15) is 16.9 Å². The van der Waals surface area contributed by atoms with E-state index >= 15 is 0 Å². The molecule has 4 aromatic heterocycles. The predicted octanol–water partition coefficient (Wildman–Crippen LogP) is 2.73. The molecule has 1 aliphatic carbocycles. The lowest BCUT2D eigenvalue weighted by Crippen LogP contribution is -2.41. The minimum atomic E-state index is -0.126. The summed E-state index contributed by atoms with van der Waals surface area (Å²) in [6, 6.07) is 5.94. The fourth-order valence-electron chi connectivity index (χ4n) is 4.29. The van der Waals surface area contributed by atoms with Crippen LogP contribution in [0, 0.1) is 5.92 Å². The molecule has 2 amide bonds. The van der Waals surface area contributed by atoms with E-state index in [0.717, 1.165) is 40.1 Å². The Morgan fingerprint density at radius 1 is 1.24 bits per heavy atom. The molecule has 0 radical (unpaired) electrons. The SMILES string of the molecule is CN(C)C(=O)CN(C)C(=O)C1CCc2c(sc3ncnc(Nc4ccn5nccc5c4)c23)C1. The highest BCUT2D eigenvalue weighted by molar-refractivity contribution is 7.19. The number of carbonyl (C=O) groups excluding carboxylic acids is 2. The fraction of sp³-hybridized carbons (Fsp3) is 0.348. The van der Waals surface area contributed by atoms with Gasteiger partial charge in [-0.1, -0.05) is 0 Å². The highest BCUT2D eigenvalue weighted by Crippen LogP contribution is 2.40. The van der Waals surface area contributed by atoms with E-state index in [1.165, 1.54) is 15.3 Å². The number of hydrogen-bond acceptors (Lipinski definition) is 7. The van der Waals surface area contributed by atoms with Gasteiger partial charge in [-0.05, 0) is 43.0 Å². The number of nitrogens with one attached hydrogen (secondary N) is 1. The Morgan fingerprint density at radius 2 is 2.09 bits per heavy atom. The average molecular weight is 464 g/mol. The summed E-state index contributed by atoms with van der Waals surface area (Å²) >= 11 is 1.63. The van der Waals surface area contributed by atoms with Crippen LogP contribution in [0.3, 0.4) is 0 Å².